The molecule has 2 fully saturated rings. The van der Waals surface area contributed by atoms with Crippen molar-refractivity contribution in [3.05, 3.63) is 47.3 Å². The Bertz CT molecular complexity index is 1140. The van der Waals surface area contributed by atoms with Gasteiger partial charge in [0.1, 0.15) is 23.7 Å². The summed E-state index contributed by atoms with van der Waals surface area (Å²) < 4.78 is 19.5. The molecule has 0 bridgehead atoms. The molecule has 4 heterocycles. The zero-order valence-corrected chi connectivity index (χ0v) is 18.2. The highest BCUT2D eigenvalue weighted by molar-refractivity contribution is 5.77. The van der Waals surface area contributed by atoms with Gasteiger partial charge in [0.15, 0.2) is 5.82 Å². The molecule has 2 aliphatic rings. The number of ether oxygens (including phenoxy) is 1. The van der Waals surface area contributed by atoms with Crippen LogP contribution in [0.5, 0.6) is 0 Å². The zero-order chi connectivity index (χ0) is 21.9. The van der Waals surface area contributed by atoms with Crippen LogP contribution >= 0.6 is 0 Å². The van der Waals surface area contributed by atoms with Crippen LogP contribution in [0, 0.1) is 12.7 Å². The number of fused-ring (bicyclic) bond motifs is 1. The number of halogens is 1. The van der Waals surface area contributed by atoms with E-state index in [2.05, 4.69) is 20.2 Å². The van der Waals surface area contributed by atoms with Gasteiger partial charge in [0.2, 0.25) is 0 Å². The maximum atomic E-state index is 13.6. The molecule has 8 heteroatoms. The normalized spacial score (nSPS) is 19.2. The van der Waals surface area contributed by atoms with E-state index in [1.165, 1.54) is 25.0 Å². The number of aryl methyl sites for hydroxylation is 1. The second-order valence-electron chi connectivity index (χ2n) is 8.32. The molecule has 0 amide bonds. The van der Waals surface area contributed by atoms with Gasteiger partial charge in [-0.2, -0.15) is 0 Å². The average molecular weight is 435 g/mol. The van der Waals surface area contributed by atoms with Crippen LogP contribution in [0.1, 0.15) is 49.3 Å². The first-order chi connectivity index (χ1) is 15.6. The average Bonchev–Trinajstić information content (AvgIpc) is 3.34. The quantitative estimate of drug-likeness (QED) is 0.630. The second-order valence-corrected chi connectivity index (χ2v) is 8.32. The van der Waals surface area contributed by atoms with E-state index < -0.39 is 0 Å². The van der Waals surface area contributed by atoms with Crippen molar-refractivity contribution >= 4 is 34.8 Å². The summed E-state index contributed by atoms with van der Waals surface area (Å²) in [6.45, 7) is 4.67. The van der Waals surface area contributed by atoms with E-state index in [-0.39, 0.29) is 12.0 Å². The van der Waals surface area contributed by atoms with Gasteiger partial charge in [-0.15, -0.1) is 0 Å². The van der Waals surface area contributed by atoms with Crippen molar-refractivity contribution in [3.63, 3.8) is 0 Å². The predicted octanol–water partition coefficient (Wildman–Crippen LogP) is 4.58. The van der Waals surface area contributed by atoms with Crippen LogP contribution in [0.4, 0.5) is 16.0 Å². The van der Waals surface area contributed by atoms with Crippen molar-refractivity contribution in [2.75, 3.05) is 29.9 Å². The van der Waals surface area contributed by atoms with Crippen LogP contribution in [-0.2, 0) is 4.74 Å². The van der Waals surface area contributed by atoms with Crippen molar-refractivity contribution in [2.45, 2.75) is 45.3 Å². The number of hydrogen-bond acceptors (Lipinski definition) is 7. The number of rotatable bonds is 5. The van der Waals surface area contributed by atoms with E-state index in [4.69, 9.17) is 14.7 Å². The molecule has 0 radical (unpaired) electrons. The first kappa shape index (κ1) is 20.8. The van der Waals surface area contributed by atoms with Crippen molar-refractivity contribution in [2.24, 2.45) is 0 Å². The van der Waals surface area contributed by atoms with Gasteiger partial charge < -0.3 is 15.0 Å². The Morgan fingerprint density at radius 1 is 1.00 bits per heavy atom. The van der Waals surface area contributed by atoms with E-state index in [1.54, 1.807) is 6.07 Å². The Morgan fingerprint density at radius 2 is 1.88 bits per heavy atom. The topological polar surface area (TPSA) is 76.1 Å². The second kappa shape index (κ2) is 9.16. The summed E-state index contributed by atoms with van der Waals surface area (Å²) in [5.41, 5.74) is 2.64. The fourth-order valence-electron chi connectivity index (χ4n) is 4.17. The minimum atomic E-state index is -0.326. The number of nitrogens with zero attached hydrogens (tertiary/aromatic N) is 5. The molecule has 2 aromatic heterocycles. The number of aromatic nitrogens is 4. The first-order valence-electron chi connectivity index (χ1n) is 11.3. The molecule has 0 spiro atoms. The van der Waals surface area contributed by atoms with Crippen molar-refractivity contribution in [1.82, 2.24) is 19.9 Å². The minimum Gasteiger partial charge on any atom is -0.359 e. The van der Waals surface area contributed by atoms with E-state index in [0.29, 0.717) is 22.6 Å². The largest absolute Gasteiger partial charge is 0.359 e. The number of hydrogen-bond donors (Lipinski definition) is 1. The third-order valence-electron chi connectivity index (χ3n) is 5.88. The number of anilines is 2. The molecule has 32 heavy (non-hydrogen) atoms. The summed E-state index contributed by atoms with van der Waals surface area (Å²) in [5, 5.41) is 3.42. The smallest absolute Gasteiger partial charge is 0.156 e. The highest BCUT2D eigenvalue weighted by Gasteiger charge is 2.18. The van der Waals surface area contributed by atoms with Gasteiger partial charge >= 0.3 is 0 Å². The molecule has 3 aromatic rings. The van der Waals surface area contributed by atoms with Gasteiger partial charge in [0, 0.05) is 31.8 Å². The van der Waals surface area contributed by atoms with Crippen LogP contribution in [-0.4, -0.2) is 45.9 Å². The van der Waals surface area contributed by atoms with Gasteiger partial charge in [-0.25, -0.2) is 24.3 Å². The summed E-state index contributed by atoms with van der Waals surface area (Å²) in [5.74, 6) is 1.94. The summed E-state index contributed by atoms with van der Waals surface area (Å²) in [7, 11) is 0. The minimum absolute atomic E-state index is 0.0228. The number of nitrogens with one attached hydrogen (secondary N) is 1. The van der Waals surface area contributed by atoms with Gasteiger partial charge in [-0.1, -0.05) is 0 Å². The van der Waals surface area contributed by atoms with Crippen LogP contribution in [0.3, 0.4) is 0 Å². The Hall–Kier alpha value is -3.13. The fourth-order valence-corrected chi connectivity index (χ4v) is 4.17. The summed E-state index contributed by atoms with van der Waals surface area (Å²) in [6.07, 6.45) is 9.23. The molecule has 2 saturated heterocycles. The van der Waals surface area contributed by atoms with E-state index in [0.717, 1.165) is 56.3 Å². The monoisotopic (exact) mass is 434 g/mol. The van der Waals surface area contributed by atoms with E-state index >= 15 is 0 Å². The highest BCUT2D eigenvalue weighted by atomic mass is 19.1. The van der Waals surface area contributed by atoms with Gasteiger partial charge in [-0.05, 0) is 63.3 Å². The van der Waals surface area contributed by atoms with Crippen molar-refractivity contribution in [3.8, 4) is 0 Å². The van der Waals surface area contributed by atoms with Crippen molar-refractivity contribution < 1.29 is 9.13 Å². The zero-order valence-electron chi connectivity index (χ0n) is 18.2. The van der Waals surface area contributed by atoms with Crippen LogP contribution in [0.25, 0.3) is 23.2 Å². The Kier molecular flexibility index (Phi) is 5.94. The molecule has 0 saturated carbocycles. The van der Waals surface area contributed by atoms with Crippen LogP contribution in [0.2, 0.25) is 0 Å². The standard InChI is InChI=1S/C24H27FN6O/c1-16-18(27-20-14-17(25)7-8-19(20)26-16)9-10-21-28-22(30-24-6-2-5-13-32-24)15-23(29-21)31-11-3-4-12-31/h7-10,14-15,24H,2-6,11-13H2,1H3,(H,28,29,30)/b10-9+. The molecular weight excluding hydrogens is 407 g/mol. The van der Waals surface area contributed by atoms with Crippen LogP contribution in [0.15, 0.2) is 24.3 Å². The maximum Gasteiger partial charge on any atom is 0.156 e. The Labute approximate surface area is 186 Å². The summed E-state index contributed by atoms with van der Waals surface area (Å²) in [4.78, 5) is 20.9. The maximum absolute atomic E-state index is 13.6. The molecule has 1 atom stereocenters. The molecular formula is C24H27FN6O. The SMILES string of the molecule is Cc1nc2ccc(F)cc2nc1/C=C/c1nc(NC2CCCCO2)cc(N2CCCC2)n1. The Morgan fingerprint density at radius 3 is 2.69 bits per heavy atom. The van der Waals surface area contributed by atoms with Gasteiger partial charge in [0.25, 0.3) is 0 Å². The molecule has 166 valence electrons. The predicted molar refractivity (Wildman–Crippen MR) is 124 cm³/mol. The lowest BCUT2D eigenvalue weighted by atomic mass is 10.2. The molecule has 1 N–H and O–H groups in total. The molecule has 0 aliphatic carbocycles. The lowest BCUT2D eigenvalue weighted by Crippen LogP contribution is -2.28. The van der Waals surface area contributed by atoms with Crippen molar-refractivity contribution in [1.29, 1.82) is 0 Å². The van der Waals surface area contributed by atoms with Gasteiger partial charge in [-0.3, -0.25) is 0 Å². The lowest BCUT2D eigenvalue weighted by Gasteiger charge is -2.25. The third kappa shape index (κ3) is 4.70. The van der Waals surface area contributed by atoms with E-state index in [9.17, 15) is 4.39 Å². The highest BCUT2D eigenvalue weighted by Crippen LogP contribution is 2.24. The fraction of sp³-hybridized carbons (Fsp3) is 0.417. The third-order valence-corrected chi connectivity index (χ3v) is 5.88. The van der Waals surface area contributed by atoms with Gasteiger partial charge in [0.05, 0.1) is 22.4 Å². The van der Waals surface area contributed by atoms with Crippen LogP contribution < -0.4 is 10.2 Å². The summed E-state index contributed by atoms with van der Waals surface area (Å²) >= 11 is 0. The molecule has 1 aromatic carbocycles. The molecule has 2 aliphatic heterocycles. The summed E-state index contributed by atoms with van der Waals surface area (Å²) in [6, 6.07) is 6.45. The molecule has 5 rings (SSSR count). The Balaban J connectivity index is 1.45. The number of benzene rings is 1. The molecule has 1 unspecified atom stereocenters. The van der Waals surface area contributed by atoms with E-state index in [1.807, 2.05) is 25.1 Å². The first-order valence-corrected chi connectivity index (χ1v) is 11.3. The molecule has 7 nitrogen and oxygen atoms in total. The lowest BCUT2D eigenvalue weighted by molar-refractivity contribution is 0.0341.